The van der Waals surface area contributed by atoms with Gasteiger partial charge in [0.2, 0.25) is 0 Å². The molecule has 27 heavy (non-hydrogen) atoms. The number of thioether (sulfide) groups is 1. The first-order valence-electron chi connectivity index (χ1n) is 8.36. The van der Waals surface area contributed by atoms with Gasteiger partial charge < -0.3 is 10.4 Å². The van der Waals surface area contributed by atoms with Crippen LogP contribution in [0.1, 0.15) is 15.9 Å². The fourth-order valence-corrected chi connectivity index (χ4v) is 4.76. The van der Waals surface area contributed by atoms with Crippen LogP contribution in [0.5, 0.6) is 5.75 Å². The van der Waals surface area contributed by atoms with Crippen molar-refractivity contribution in [2.45, 2.75) is 10.1 Å². The number of thiazole rings is 1. The fourth-order valence-electron chi connectivity index (χ4n) is 2.69. The highest BCUT2D eigenvalue weighted by atomic mass is 32.2. The lowest BCUT2D eigenvalue weighted by Crippen LogP contribution is -2.14. The van der Waals surface area contributed by atoms with Crippen molar-refractivity contribution in [1.82, 2.24) is 4.98 Å². The molecule has 4 nitrogen and oxygen atoms in total. The first kappa shape index (κ1) is 17.6. The van der Waals surface area contributed by atoms with Crippen LogP contribution in [0.15, 0.2) is 77.1 Å². The number of nitrogens with one attached hydrogen (secondary N) is 1. The number of para-hydroxylation sites is 3. The number of phenols is 1. The van der Waals surface area contributed by atoms with Gasteiger partial charge in [0.25, 0.3) is 5.91 Å². The van der Waals surface area contributed by atoms with Crippen LogP contribution in [-0.2, 0) is 5.75 Å². The molecule has 1 heterocycles. The first-order valence-corrected chi connectivity index (χ1v) is 10.2. The van der Waals surface area contributed by atoms with Gasteiger partial charge >= 0.3 is 0 Å². The predicted molar refractivity (Wildman–Crippen MR) is 112 cm³/mol. The van der Waals surface area contributed by atoms with Crippen molar-refractivity contribution in [3.8, 4) is 5.75 Å². The molecule has 6 heteroatoms. The van der Waals surface area contributed by atoms with Crippen LogP contribution in [0.25, 0.3) is 10.2 Å². The van der Waals surface area contributed by atoms with Crippen molar-refractivity contribution in [2.75, 3.05) is 5.32 Å². The molecule has 4 aromatic rings. The highest BCUT2D eigenvalue weighted by Gasteiger charge is 2.14. The average molecular weight is 393 g/mol. The molecule has 0 aliphatic carbocycles. The van der Waals surface area contributed by atoms with Crippen LogP contribution in [0, 0.1) is 0 Å². The van der Waals surface area contributed by atoms with Crippen LogP contribution >= 0.6 is 23.1 Å². The average Bonchev–Trinajstić information content (AvgIpc) is 3.11. The molecule has 1 aromatic heterocycles. The topological polar surface area (TPSA) is 62.2 Å². The summed E-state index contributed by atoms with van der Waals surface area (Å²) >= 11 is 3.27. The molecular formula is C21H16N2O2S2. The van der Waals surface area contributed by atoms with E-state index >= 15 is 0 Å². The van der Waals surface area contributed by atoms with E-state index in [1.54, 1.807) is 53.4 Å². The van der Waals surface area contributed by atoms with E-state index in [-0.39, 0.29) is 11.7 Å². The summed E-state index contributed by atoms with van der Waals surface area (Å²) in [6.07, 6.45) is 0. The number of aromatic nitrogens is 1. The van der Waals surface area contributed by atoms with Crippen molar-refractivity contribution in [1.29, 1.82) is 0 Å². The zero-order valence-electron chi connectivity index (χ0n) is 14.3. The van der Waals surface area contributed by atoms with Gasteiger partial charge in [-0.1, -0.05) is 54.2 Å². The van der Waals surface area contributed by atoms with Crippen molar-refractivity contribution in [3.63, 3.8) is 0 Å². The van der Waals surface area contributed by atoms with Crippen LogP contribution < -0.4 is 5.32 Å². The Balaban J connectivity index is 1.52. The summed E-state index contributed by atoms with van der Waals surface area (Å²) in [6, 6.07) is 22.3. The number of carbonyl (C=O) groups excluding carboxylic acids is 1. The third kappa shape index (κ3) is 3.97. The summed E-state index contributed by atoms with van der Waals surface area (Å²) < 4.78 is 2.14. The first-order chi connectivity index (χ1) is 13.2. The van der Waals surface area contributed by atoms with E-state index in [0.717, 1.165) is 20.1 Å². The Morgan fingerprint density at radius 3 is 2.59 bits per heavy atom. The van der Waals surface area contributed by atoms with Crippen LogP contribution in [-0.4, -0.2) is 16.0 Å². The van der Waals surface area contributed by atoms with E-state index in [1.165, 1.54) is 0 Å². The van der Waals surface area contributed by atoms with Gasteiger partial charge in [-0.05, 0) is 35.9 Å². The number of hydrogen-bond donors (Lipinski definition) is 2. The molecule has 0 aliphatic heterocycles. The number of benzene rings is 3. The highest BCUT2D eigenvalue weighted by Crippen LogP contribution is 2.32. The number of rotatable bonds is 5. The molecule has 134 valence electrons. The normalized spacial score (nSPS) is 10.8. The van der Waals surface area contributed by atoms with Gasteiger partial charge in [-0.15, -0.1) is 11.3 Å². The largest absolute Gasteiger partial charge is 0.506 e. The molecule has 0 aliphatic rings. The van der Waals surface area contributed by atoms with Gasteiger partial charge in [-0.2, -0.15) is 0 Å². The predicted octanol–water partition coefficient (Wildman–Crippen LogP) is 5.55. The molecule has 2 N–H and O–H groups in total. The number of fused-ring (bicyclic) bond motifs is 1. The van der Waals surface area contributed by atoms with Gasteiger partial charge in [0, 0.05) is 11.3 Å². The summed E-state index contributed by atoms with van der Waals surface area (Å²) in [7, 11) is 0. The third-order valence-corrected chi connectivity index (χ3v) is 6.27. The Labute approximate surface area is 164 Å². The molecule has 1 amide bonds. The summed E-state index contributed by atoms with van der Waals surface area (Å²) in [4.78, 5) is 17.3. The molecule has 4 rings (SSSR count). The molecule has 0 radical (unpaired) electrons. The van der Waals surface area contributed by atoms with Gasteiger partial charge in [0.15, 0.2) is 4.34 Å². The zero-order valence-corrected chi connectivity index (χ0v) is 15.9. The summed E-state index contributed by atoms with van der Waals surface area (Å²) in [5, 5.41) is 12.6. The molecule has 0 spiro atoms. The van der Waals surface area contributed by atoms with E-state index < -0.39 is 0 Å². The van der Waals surface area contributed by atoms with E-state index in [1.807, 2.05) is 36.4 Å². The fraction of sp³-hybridized carbons (Fsp3) is 0.0476. The maximum absolute atomic E-state index is 12.7. The Bertz CT molecular complexity index is 1080. The van der Waals surface area contributed by atoms with Crippen molar-refractivity contribution < 1.29 is 9.90 Å². The lowest BCUT2D eigenvalue weighted by Gasteiger charge is -2.10. The molecule has 0 saturated heterocycles. The molecule has 0 atom stereocenters. The lowest BCUT2D eigenvalue weighted by atomic mass is 10.1. The number of nitrogens with zero attached hydrogens (tertiary/aromatic N) is 1. The summed E-state index contributed by atoms with van der Waals surface area (Å²) in [6.45, 7) is 0. The minimum absolute atomic E-state index is 0.0483. The van der Waals surface area contributed by atoms with E-state index in [4.69, 9.17) is 0 Å². The van der Waals surface area contributed by atoms with Crippen LogP contribution in [0.4, 0.5) is 5.69 Å². The van der Waals surface area contributed by atoms with Crippen molar-refractivity contribution >= 4 is 44.9 Å². The van der Waals surface area contributed by atoms with E-state index in [0.29, 0.717) is 17.0 Å². The van der Waals surface area contributed by atoms with Gasteiger partial charge in [-0.3, -0.25) is 4.79 Å². The Hall–Kier alpha value is -2.83. The number of amides is 1. The van der Waals surface area contributed by atoms with Gasteiger partial charge in [0.1, 0.15) is 5.75 Å². The molecule has 3 aromatic carbocycles. The Morgan fingerprint density at radius 2 is 1.74 bits per heavy atom. The maximum atomic E-state index is 12.7. The molecule has 0 unspecified atom stereocenters. The van der Waals surface area contributed by atoms with E-state index in [9.17, 15) is 9.90 Å². The number of aromatic hydroxyl groups is 1. The minimum Gasteiger partial charge on any atom is -0.506 e. The molecule has 0 fully saturated rings. The summed E-state index contributed by atoms with van der Waals surface area (Å²) in [5.41, 5.74) is 2.91. The maximum Gasteiger partial charge on any atom is 0.256 e. The standard InChI is InChI=1S/C21H16N2O2S2/c24-18-11-5-3-9-16(18)22-20(25)15-8-2-1-7-14(15)13-26-21-23-17-10-4-6-12-19(17)27-21/h1-12,24H,13H2,(H,22,25). The SMILES string of the molecule is O=C(Nc1ccccc1O)c1ccccc1CSc1nc2ccccc2s1. The minimum atomic E-state index is -0.239. The van der Waals surface area contributed by atoms with E-state index in [2.05, 4.69) is 16.4 Å². The van der Waals surface area contributed by atoms with Gasteiger partial charge in [-0.25, -0.2) is 4.98 Å². The smallest absolute Gasteiger partial charge is 0.256 e. The van der Waals surface area contributed by atoms with Crippen LogP contribution in [0.3, 0.4) is 0 Å². The Kier molecular flexibility index (Phi) is 5.09. The van der Waals surface area contributed by atoms with Crippen molar-refractivity contribution in [3.05, 3.63) is 83.9 Å². The quantitative estimate of drug-likeness (QED) is 0.345. The molecule has 0 bridgehead atoms. The molecular weight excluding hydrogens is 376 g/mol. The monoisotopic (exact) mass is 392 g/mol. The number of anilines is 1. The Morgan fingerprint density at radius 1 is 1.00 bits per heavy atom. The zero-order chi connectivity index (χ0) is 18.6. The second-order valence-corrected chi connectivity index (χ2v) is 8.12. The summed E-state index contributed by atoms with van der Waals surface area (Å²) in [5.74, 6) is 0.452. The lowest BCUT2D eigenvalue weighted by molar-refractivity contribution is 0.102. The van der Waals surface area contributed by atoms with Gasteiger partial charge in [0.05, 0.1) is 15.9 Å². The number of carbonyl (C=O) groups is 1. The second-order valence-electron chi connectivity index (χ2n) is 5.86. The van der Waals surface area contributed by atoms with Crippen LogP contribution in [0.2, 0.25) is 0 Å². The third-order valence-electron chi connectivity index (χ3n) is 4.04. The van der Waals surface area contributed by atoms with Crippen molar-refractivity contribution in [2.24, 2.45) is 0 Å². The number of hydrogen-bond acceptors (Lipinski definition) is 5. The second kappa shape index (κ2) is 7.82. The number of phenolic OH excluding ortho intramolecular Hbond substituents is 1. The molecule has 0 saturated carbocycles. The highest BCUT2D eigenvalue weighted by molar-refractivity contribution is 8.00.